The summed E-state index contributed by atoms with van der Waals surface area (Å²) in [5.41, 5.74) is 3.96. The number of likely N-dealkylation sites (tertiary alicyclic amines) is 1. The standard InChI is InChI=1S/C32H40N2O3/c1-33(18-21-6-4-3-5-7-21)20-24-17-30-12-13-32(24,36-2)29-31(30)14-15-34(19-22-8-9-22)26(30)16-23-10-11-25(35)28(37-29)27(23)31/h3-7,10-11,22,24,26,29,35H,8-9,12-20H2,1-2H3/t24-,26+,29+,30+,31-,32+/m0/s1. The molecule has 2 aromatic carbocycles. The average molecular weight is 501 g/mol. The second-order valence-corrected chi connectivity index (χ2v) is 13.2. The number of phenolic OH excluding ortho intramolecular Hbond substituents is 1. The van der Waals surface area contributed by atoms with Gasteiger partial charge in [0.05, 0.1) is 0 Å². The molecule has 196 valence electrons. The van der Waals surface area contributed by atoms with Gasteiger partial charge in [-0.3, -0.25) is 4.90 Å². The fourth-order valence-corrected chi connectivity index (χ4v) is 10.1. The van der Waals surface area contributed by atoms with Gasteiger partial charge in [0.15, 0.2) is 11.5 Å². The quantitative estimate of drug-likeness (QED) is 0.595. The van der Waals surface area contributed by atoms with Crippen molar-refractivity contribution in [3.8, 4) is 11.5 Å². The Morgan fingerprint density at radius 1 is 1.11 bits per heavy atom. The monoisotopic (exact) mass is 500 g/mol. The average Bonchev–Trinajstić information content (AvgIpc) is 3.64. The number of aromatic hydroxyl groups is 1. The third kappa shape index (κ3) is 2.86. The van der Waals surface area contributed by atoms with Crippen molar-refractivity contribution >= 4 is 0 Å². The lowest BCUT2D eigenvalue weighted by Crippen LogP contribution is -2.81. The maximum absolute atomic E-state index is 11.0. The first kappa shape index (κ1) is 22.9. The Morgan fingerprint density at radius 3 is 2.73 bits per heavy atom. The Morgan fingerprint density at radius 2 is 1.95 bits per heavy atom. The first-order valence-electron chi connectivity index (χ1n) is 14.5. The molecule has 4 saturated carbocycles. The van der Waals surface area contributed by atoms with E-state index in [0.29, 0.717) is 17.7 Å². The summed E-state index contributed by atoms with van der Waals surface area (Å²) in [5, 5.41) is 11.0. The van der Waals surface area contributed by atoms with Gasteiger partial charge in [0, 0.05) is 55.1 Å². The molecule has 0 amide bonds. The maximum Gasteiger partial charge on any atom is 0.165 e. The lowest BCUT2D eigenvalue weighted by atomic mass is 9.34. The zero-order chi connectivity index (χ0) is 25.0. The highest BCUT2D eigenvalue weighted by atomic mass is 16.6. The van der Waals surface area contributed by atoms with E-state index in [9.17, 15) is 5.11 Å². The van der Waals surface area contributed by atoms with Crippen LogP contribution in [0.5, 0.6) is 11.5 Å². The van der Waals surface area contributed by atoms with Crippen LogP contribution >= 0.6 is 0 Å². The first-order valence-corrected chi connectivity index (χ1v) is 14.5. The topological polar surface area (TPSA) is 45.2 Å². The molecule has 2 spiro atoms. The molecule has 2 heterocycles. The van der Waals surface area contributed by atoms with E-state index in [1.807, 2.05) is 13.2 Å². The molecular formula is C32H40N2O3. The molecule has 2 aliphatic heterocycles. The summed E-state index contributed by atoms with van der Waals surface area (Å²) in [6.07, 6.45) is 8.47. The minimum absolute atomic E-state index is 0.0180. The number of piperidine rings is 1. The predicted octanol–water partition coefficient (Wildman–Crippen LogP) is 4.75. The van der Waals surface area contributed by atoms with Crippen molar-refractivity contribution in [3.05, 3.63) is 59.2 Å². The van der Waals surface area contributed by atoms with Gasteiger partial charge in [-0.2, -0.15) is 0 Å². The number of rotatable bonds is 7. The minimum atomic E-state index is -0.323. The third-order valence-electron chi connectivity index (χ3n) is 11.6. The molecule has 5 heteroatoms. The molecule has 4 bridgehead atoms. The molecule has 7 aliphatic rings. The minimum Gasteiger partial charge on any atom is -0.504 e. The van der Waals surface area contributed by atoms with Crippen LogP contribution in [0.1, 0.15) is 55.2 Å². The van der Waals surface area contributed by atoms with Crippen molar-refractivity contribution in [1.29, 1.82) is 0 Å². The summed E-state index contributed by atoms with van der Waals surface area (Å²) in [6.45, 7) is 4.37. The van der Waals surface area contributed by atoms with Crippen LogP contribution in [0.15, 0.2) is 42.5 Å². The Balaban J connectivity index is 1.23. The molecule has 37 heavy (non-hydrogen) atoms. The first-order chi connectivity index (χ1) is 18.0. The fourth-order valence-electron chi connectivity index (χ4n) is 10.1. The number of fused-ring (bicyclic) bond motifs is 2. The van der Waals surface area contributed by atoms with Crippen molar-refractivity contribution in [2.45, 2.75) is 74.7 Å². The zero-order valence-electron chi connectivity index (χ0n) is 22.3. The second-order valence-electron chi connectivity index (χ2n) is 13.2. The molecule has 2 aromatic rings. The number of benzene rings is 2. The predicted molar refractivity (Wildman–Crippen MR) is 143 cm³/mol. The van der Waals surface area contributed by atoms with E-state index in [0.717, 1.165) is 50.6 Å². The summed E-state index contributed by atoms with van der Waals surface area (Å²) in [6, 6.07) is 15.5. The number of ether oxygens (including phenoxy) is 2. The number of hydrogen-bond donors (Lipinski definition) is 1. The highest BCUT2D eigenvalue weighted by molar-refractivity contribution is 5.63. The van der Waals surface area contributed by atoms with Crippen molar-refractivity contribution < 1.29 is 14.6 Å². The summed E-state index contributed by atoms with van der Waals surface area (Å²) in [4.78, 5) is 5.39. The summed E-state index contributed by atoms with van der Waals surface area (Å²) >= 11 is 0. The summed E-state index contributed by atoms with van der Waals surface area (Å²) in [5.74, 6) is 2.40. The fraction of sp³-hybridized carbons (Fsp3) is 0.625. The largest absolute Gasteiger partial charge is 0.504 e. The van der Waals surface area contributed by atoms with Gasteiger partial charge in [0.1, 0.15) is 11.7 Å². The molecule has 9 rings (SSSR count). The Hall–Kier alpha value is -2.08. The van der Waals surface area contributed by atoms with Gasteiger partial charge < -0.3 is 19.5 Å². The lowest BCUT2D eigenvalue weighted by Gasteiger charge is -2.74. The van der Waals surface area contributed by atoms with Crippen LogP contribution in [0.2, 0.25) is 0 Å². The summed E-state index contributed by atoms with van der Waals surface area (Å²) < 4.78 is 13.6. The molecular weight excluding hydrogens is 460 g/mol. The normalized spacial score (nSPS) is 39.1. The van der Waals surface area contributed by atoms with Crippen molar-refractivity contribution in [2.24, 2.45) is 17.3 Å². The molecule has 5 nitrogen and oxygen atoms in total. The SMILES string of the molecule is CO[C@]12CC[C@@]3(C[C@H]1CN(C)Cc1ccccc1)[C@H]1Cc4ccc(O)c5c4[C@@]3(CCN1CC1CC1)[C@H]2O5. The van der Waals surface area contributed by atoms with Crippen LogP contribution in [0.25, 0.3) is 0 Å². The van der Waals surface area contributed by atoms with Gasteiger partial charge in [-0.05, 0) is 81.6 Å². The van der Waals surface area contributed by atoms with Crippen molar-refractivity contribution in [3.63, 3.8) is 0 Å². The number of hydrogen-bond acceptors (Lipinski definition) is 5. The van der Waals surface area contributed by atoms with E-state index < -0.39 is 0 Å². The highest BCUT2D eigenvalue weighted by Crippen LogP contribution is 2.76. The van der Waals surface area contributed by atoms with Gasteiger partial charge in [0.25, 0.3) is 0 Å². The van der Waals surface area contributed by atoms with Crippen LogP contribution in [0.4, 0.5) is 0 Å². The molecule has 6 atom stereocenters. The van der Waals surface area contributed by atoms with Crippen LogP contribution < -0.4 is 4.74 Å². The van der Waals surface area contributed by atoms with E-state index in [2.05, 4.69) is 53.2 Å². The van der Waals surface area contributed by atoms with Gasteiger partial charge in [0.2, 0.25) is 0 Å². The van der Waals surface area contributed by atoms with Crippen LogP contribution in [0.3, 0.4) is 0 Å². The lowest BCUT2D eigenvalue weighted by molar-refractivity contribution is -0.278. The highest BCUT2D eigenvalue weighted by Gasteiger charge is 2.80. The van der Waals surface area contributed by atoms with Crippen LogP contribution in [-0.4, -0.2) is 66.4 Å². The smallest absolute Gasteiger partial charge is 0.165 e. The Bertz CT molecular complexity index is 1230. The maximum atomic E-state index is 11.0. The molecule has 1 saturated heterocycles. The molecule has 0 radical (unpaired) electrons. The van der Waals surface area contributed by atoms with E-state index in [1.54, 1.807) is 0 Å². The summed E-state index contributed by atoms with van der Waals surface area (Å²) in [7, 11) is 4.19. The number of methoxy groups -OCH3 is 1. The van der Waals surface area contributed by atoms with E-state index in [1.165, 1.54) is 48.9 Å². The van der Waals surface area contributed by atoms with Gasteiger partial charge in [-0.1, -0.05) is 36.4 Å². The van der Waals surface area contributed by atoms with Gasteiger partial charge in [-0.15, -0.1) is 0 Å². The van der Waals surface area contributed by atoms with Crippen molar-refractivity contribution in [1.82, 2.24) is 9.80 Å². The zero-order valence-corrected chi connectivity index (χ0v) is 22.3. The van der Waals surface area contributed by atoms with Crippen LogP contribution in [0, 0.1) is 17.3 Å². The number of nitrogens with zero attached hydrogens (tertiary/aromatic N) is 2. The van der Waals surface area contributed by atoms with Crippen molar-refractivity contribution in [2.75, 3.05) is 33.8 Å². The molecule has 0 unspecified atom stereocenters. The molecule has 5 fully saturated rings. The Labute approximate surface area is 220 Å². The third-order valence-corrected chi connectivity index (χ3v) is 11.6. The second kappa shape index (κ2) is 7.74. The molecule has 5 aliphatic carbocycles. The van der Waals surface area contributed by atoms with E-state index in [-0.39, 0.29) is 22.5 Å². The molecule has 1 N–H and O–H groups in total. The van der Waals surface area contributed by atoms with E-state index in [4.69, 9.17) is 9.47 Å². The van der Waals surface area contributed by atoms with Gasteiger partial charge in [-0.25, -0.2) is 0 Å². The van der Waals surface area contributed by atoms with E-state index >= 15 is 0 Å². The number of phenols is 1. The van der Waals surface area contributed by atoms with Crippen LogP contribution in [-0.2, 0) is 23.1 Å². The van der Waals surface area contributed by atoms with Gasteiger partial charge >= 0.3 is 0 Å². The molecule has 0 aromatic heterocycles. The Kier molecular flexibility index (Phi) is 4.78.